The van der Waals surface area contributed by atoms with E-state index in [2.05, 4.69) is 58.2 Å². The third kappa shape index (κ3) is 6.27. The maximum atomic E-state index is 12.8. The summed E-state index contributed by atoms with van der Waals surface area (Å²) in [5.41, 5.74) is 2.00. The summed E-state index contributed by atoms with van der Waals surface area (Å²) >= 11 is 3.20. The number of aryl methyl sites for hydroxylation is 1. The molecule has 1 amide bonds. The molecule has 0 saturated heterocycles. The van der Waals surface area contributed by atoms with Crippen LogP contribution >= 0.6 is 23.5 Å². The van der Waals surface area contributed by atoms with Gasteiger partial charge in [0.05, 0.1) is 18.1 Å². The van der Waals surface area contributed by atoms with Gasteiger partial charge in [0, 0.05) is 17.1 Å². The number of aromatic nitrogens is 3. The number of amides is 1. The van der Waals surface area contributed by atoms with E-state index in [4.69, 9.17) is 4.74 Å². The molecule has 0 fully saturated rings. The lowest BCUT2D eigenvalue weighted by molar-refractivity contribution is -0.115. The molecular formula is C23H28N4O2S2. The van der Waals surface area contributed by atoms with E-state index in [9.17, 15) is 4.79 Å². The summed E-state index contributed by atoms with van der Waals surface area (Å²) in [5.74, 6) is 2.37. The summed E-state index contributed by atoms with van der Waals surface area (Å²) in [6.45, 7) is 6.92. The zero-order chi connectivity index (χ0) is 22.2. The van der Waals surface area contributed by atoms with Crippen molar-refractivity contribution in [2.75, 3.05) is 12.4 Å². The number of benzene rings is 2. The summed E-state index contributed by atoms with van der Waals surface area (Å²) in [4.78, 5) is 14.0. The first-order valence-corrected chi connectivity index (χ1v) is 12.1. The van der Waals surface area contributed by atoms with Crippen LogP contribution in [-0.2, 0) is 17.1 Å². The highest BCUT2D eigenvalue weighted by Gasteiger charge is 2.22. The highest BCUT2D eigenvalue weighted by atomic mass is 32.2. The van der Waals surface area contributed by atoms with Crippen LogP contribution in [0.4, 0.5) is 5.69 Å². The van der Waals surface area contributed by atoms with Gasteiger partial charge in [-0.15, -0.1) is 22.0 Å². The van der Waals surface area contributed by atoms with Gasteiger partial charge in [0.15, 0.2) is 5.16 Å². The van der Waals surface area contributed by atoms with Gasteiger partial charge in [0.25, 0.3) is 0 Å². The van der Waals surface area contributed by atoms with E-state index in [0.29, 0.717) is 6.42 Å². The number of ether oxygens (including phenoxy) is 1. The van der Waals surface area contributed by atoms with Gasteiger partial charge < -0.3 is 14.6 Å². The van der Waals surface area contributed by atoms with E-state index >= 15 is 0 Å². The second-order valence-corrected chi connectivity index (χ2v) is 9.20. The number of carbonyl (C=O) groups excluding carboxylic acids is 1. The molecule has 2 aromatic carbocycles. The van der Waals surface area contributed by atoms with Crippen LogP contribution in [0.2, 0.25) is 0 Å². The Labute approximate surface area is 192 Å². The van der Waals surface area contributed by atoms with Crippen molar-refractivity contribution in [3.63, 3.8) is 0 Å². The molecule has 0 saturated carbocycles. The van der Waals surface area contributed by atoms with Crippen molar-refractivity contribution in [3.8, 4) is 5.75 Å². The highest BCUT2D eigenvalue weighted by Crippen LogP contribution is 2.28. The standard InChI is InChI=1S/C23H28N4O2S2/c1-5-20(22(28)24-17-9-11-18(29-4)12-10-17)31-23-26-25-21(27(23)6-2)15-30-19-13-7-16(3)8-14-19/h7-14,20H,5-6,15H2,1-4H3,(H,24,28). The molecule has 6 nitrogen and oxygen atoms in total. The molecule has 3 rings (SSSR count). The van der Waals surface area contributed by atoms with E-state index < -0.39 is 0 Å². The minimum Gasteiger partial charge on any atom is -0.497 e. The molecule has 0 bridgehead atoms. The fraction of sp³-hybridized carbons (Fsp3) is 0.348. The van der Waals surface area contributed by atoms with Crippen molar-refractivity contribution in [1.82, 2.24) is 14.8 Å². The van der Waals surface area contributed by atoms with Crippen molar-refractivity contribution in [2.24, 2.45) is 0 Å². The molecule has 0 aliphatic carbocycles. The maximum absolute atomic E-state index is 12.8. The molecule has 1 aromatic heterocycles. The predicted molar refractivity (Wildman–Crippen MR) is 128 cm³/mol. The van der Waals surface area contributed by atoms with E-state index in [1.165, 1.54) is 22.2 Å². The van der Waals surface area contributed by atoms with Crippen LogP contribution in [0.3, 0.4) is 0 Å². The number of carbonyl (C=O) groups is 1. The Morgan fingerprint density at radius 3 is 2.42 bits per heavy atom. The van der Waals surface area contributed by atoms with Crippen LogP contribution in [0.25, 0.3) is 0 Å². The number of rotatable bonds is 10. The van der Waals surface area contributed by atoms with Crippen LogP contribution < -0.4 is 10.1 Å². The molecule has 1 heterocycles. The van der Waals surface area contributed by atoms with Crippen LogP contribution in [0.1, 0.15) is 31.7 Å². The smallest absolute Gasteiger partial charge is 0.237 e. The fourth-order valence-corrected chi connectivity index (χ4v) is 4.83. The van der Waals surface area contributed by atoms with Crippen molar-refractivity contribution < 1.29 is 9.53 Å². The van der Waals surface area contributed by atoms with Crippen molar-refractivity contribution in [3.05, 3.63) is 59.9 Å². The average molecular weight is 457 g/mol. The van der Waals surface area contributed by atoms with Gasteiger partial charge in [-0.1, -0.05) is 36.4 Å². The summed E-state index contributed by atoms with van der Waals surface area (Å²) in [6, 6.07) is 15.8. The van der Waals surface area contributed by atoms with Gasteiger partial charge >= 0.3 is 0 Å². The molecule has 3 aromatic rings. The summed E-state index contributed by atoms with van der Waals surface area (Å²) < 4.78 is 7.26. The third-order valence-electron chi connectivity index (χ3n) is 4.77. The molecule has 31 heavy (non-hydrogen) atoms. The van der Waals surface area contributed by atoms with Crippen molar-refractivity contribution in [1.29, 1.82) is 0 Å². The largest absolute Gasteiger partial charge is 0.497 e. The number of thioether (sulfide) groups is 2. The Bertz CT molecular complexity index is 988. The lowest BCUT2D eigenvalue weighted by atomic mass is 10.2. The first kappa shape index (κ1) is 23.2. The lowest BCUT2D eigenvalue weighted by Crippen LogP contribution is -2.25. The number of methoxy groups -OCH3 is 1. The number of anilines is 1. The highest BCUT2D eigenvalue weighted by molar-refractivity contribution is 8.00. The third-order valence-corrected chi connectivity index (χ3v) is 7.12. The minimum absolute atomic E-state index is 0.0427. The van der Waals surface area contributed by atoms with Gasteiger partial charge in [-0.3, -0.25) is 4.79 Å². The Morgan fingerprint density at radius 2 is 1.81 bits per heavy atom. The van der Waals surface area contributed by atoms with Crippen molar-refractivity contribution in [2.45, 2.75) is 54.8 Å². The summed E-state index contributed by atoms with van der Waals surface area (Å²) in [7, 11) is 1.62. The topological polar surface area (TPSA) is 69.0 Å². The molecule has 1 atom stereocenters. The van der Waals surface area contributed by atoms with Crippen LogP contribution in [0, 0.1) is 6.92 Å². The molecule has 1 unspecified atom stereocenters. The molecule has 0 spiro atoms. The molecule has 8 heteroatoms. The predicted octanol–water partition coefficient (Wildman–Crippen LogP) is 5.42. The molecule has 0 radical (unpaired) electrons. The molecule has 1 N–H and O–H groups in total. The number of hydrogen-bond donors (Lipinski definition) is 1. The Hall–Kier alpha value is -2.45. The summed E-state index contributed by atoms with van der Waals surface area (Å²) in [6.07, 6.45) is 0.691. The summed E-state index contributed by atoms with van der Waals surface area (Å²) in [5, 5.41) is 12.3. The van der Waals surface area contributed by atoms with Gasteiger partial charge in [0.1, 0.15) is 11.6 Å². The number of nitrogens with one attached hydrogen (secondary N) is 1. The van der Waals surface area contributed by atoms with Crippen LogP contribution in [0.15, 0.2) is 58.6 Å². The normalized spacial score (nSPS) is 11.9. The van der Waals surface area contributed by atoms with E-state index in [1.54, 1.807) is 18.9 Å². The quantitative estimate of drug-likeness (QED) is 0.411. The van der Waals surface area contributed by atoms with Gasteiger partial charge in [0.2, 0.25) is 5.91 Å². The molecular weight excluding hydrogens is 428 g/mol. The van der Waals surface area contributed by atoms with Crippen LogP contribution in [0.5, 0.6) is 5.75 Å². The molecule has 0 aliphatic rings. The zero-order valence-electron chi connectivity index (χ0n) is 18.3. The van der Waals surface area contributed by atoms with Crippen LogP contribution in [-0.4, -0.2) is 33.0 Å². The Kier molecular flexibility index (Phi) is 8.43. The average Bonchev–Trinajstić information content (AvgIpc) is 3.18. The minimum atomic E-state index is -0.255. The number of nitrogens with zero attached hydrogens (tertiary/aromatic N) is 3. The van der Waals surface area contributed by atoms with Gasteiger partial charge in [-0.2, -0.15) is 0 Å². The molecule has 164 valence electrons. The van der Waals surface area contributed by atoms with Crippen molar-refractivity contribution >= 4 is 35.1 Å². The van der Waals surface area contributed by atoms with Gasteiger partial charge in [-0.05, 0) is 56.7 Å². The van der Waals surface area contributed by atoms with E-state index in [1.807, 2.05) is 31.2 Å². The Balaban J connectivity index is 1.65. The monoisotopic (exact) mass is 456 g/mol. The second kappa shape index (κ2) is 11.2. The SMILES string of the molecule is CCC(Sc1nnc(CSc2ccc(C)cc2)n1CC)C(=O)Nc1ccc(OC)cc1. The second-order valence-electron chi connectivity index (χ2n) is 6.98. The van der Waals surface area contributed by atoms with E-state index in [0.717, 1.165) is 34.7 Å². The van der Waals surface area contributed by atoms with Gasteiger partial charge in [-0.25, -0.2) is 0 Å². The Morgan fingerprint density at radius 1 is 1.10 bits per heavy atom. The fourth-order valence-electron chi connectivity index (χ4n) is 2.96. The van der Waals surface area contributed by atoms with E-state index in [-0.39, 0.29) is 11.2 Å². The zero-order valence-corrected chi connectivity index (χ0v) is 19.9. The first-order valence-electron chi connectivity index (χ1n) is 10.3. The number of hydrogen-bond acceptors (Lipinski definition) is 6. The lowest BCUT2D eigenvalue weighted by Gasteiger charge is -2.15. The molecule has 0 aliphatic heterocycles. The maximum Gasteiger partial charge on any atom is 0.237 e. The first-order chi connectivity index (χ1) is 15.0.